The minimum Gasteiger partial charge on any atom is -0.312 e. The average molecular weight is 292 g/mol. The fourth-order valence-corrected chi connectivity index (χ4v) is 4.51. The van der Waals surface area contributed by atoms with Gasteiger partial charge in [-0.3, -0.25) is 4.90 Å². The Morgan fingerprint density at radius 1 is 1.25 bits per heavy atom. The van der Waals surface area contributed by atoms with Crippen molar-refractivity contribution in [1.29, 1.82) is 0 Å². The van der Waals surface area contributed by atoms with Crippen LogP contribution in [0.3, 0.4) is 0 Å². The van der Waals surface area contributed by atoms with E-state index < -0.39 is 0 Å². The summed E-state index contributed by atoms with van der Waals surface area (Å²) in [5.41, 5.74) is 1.49. The van der Waals surface area contributed by atoms with E-state index in [9.17, 15) is 0 Å². The number of nitrogens with zero attached hydrogens (tertiary/aromatic N) is 1. The van der Waals surface area contributed by atoms with Crippen LogP contribution in [-0.4, -0.2) is 30.1 Å². The molecule has 1 aliphatic heterocycles. The molecule has 3 heteroatoms. The fraction of sp³-hybridized carbons (Fsp3) is 0.765. The molecule has 1 N–H and O–H groups in total. The van der Waals surface area contributed by atoms with E-state index in [2.05, 4.69) is 34.0 Å². The standard InChI is InChI=1S/C17H28N2S/c1-14-7-9-18-17(16-5-3-2-4-6-16)12-19(14)11-15-8-10-20-13-15/h8,10,13-14,16-18H,2-7,9,11-12H2,1H3. The summed E-state index contributed by atoms with van der Waals surface area (Å²) in [6, 6.07) is 3.71. The summed E-state index contributed by atoms with van der Waals surface area (Å²) in [4.78, 5) is 2.71. The molecule has 3 rings (SSSR count). The summed E-state index contributed by atoms with van der Waals surface area (Å²) in [5.74, 6) is 0.916. The van der Waals surface area contributed by atoms with Crippen LogP contribution in [0.4, 0.5) is 0 Å². The van der Waals surface area contributed by atoms with Crippen molar-refractivity contribution in [3.8, 4) is 0 Å². The SMILES string of the molecule is CC1CCNC(C2CCCCC2)CN1Cc1ccsc1. The zero-order chi connectivity index (χ0) is 13.8. The van der Waals surface area contributed by atoms with E-state index in [1.807, 2.05) is 11.3 Å². The Balaban J connectivity index is 1.64. The van der Waals surface area contributed by atoms with Gasteiger partial charge in [0, 0.05) is 25.2 Å². The Morgan fingerprint density at radius 2 is 2.10 bits per heavy atom. The molecule has 2 nitrogen and oxygen atoms in total. The second-order valence-electron chi connectivity index (χ2n) is 6.66. The second kappa shape index (κ2) is 7.06. The lowest BCUT2D eigenvalue weighted by Gasteiger charge is -2.34. The van der Waals surface area contributed by atoms with Gasteiger partial charge in [-0.15, -0.1) is 0 Å². The van der Waals surface area contributed by atoms with E-state index in [1.54, 1.807) is 0 Å². The summed E-state index contributed by atoms with van der Waals surface area (Å²) in [6.45, 7) is 5.97. The molecule has 1 saturated carbocycles. The van der Waals surface area contributed by atoms with Crippen LogP contribution in [0, 0.1) is 5.92 Å². The molecule has 0 bridgehead atoms. The van der Waals surface area contributed by atoms with Crippen molar-refractivity contribution in [2.75, 3.05) is 13.1 Å². The zero-order valence-electron chi connectivity index (χ0n) is 12.7. The lowest BCUT2D eigenvalue weighted by Crippen LogP contribution is -2.44. The predicted octanol–water partition coefficient (Wildman–Crippen LogP) is 3.88. The van der Waals surface area contributed by atoms with Crippen LogP contribution < -0.4 is 5.32 Å². The molecule has 2 unspecified atom stereocenters. The van der Waals surface area contributed by atoms with E-state index in [0.29, 0.717) is 6.04 Å². The minimum atomic E-state index is 0.705. The third-order valence-electron chi connectivity index (χ3n) is 5.21. The molecule has 0 amide bonds. The Labute approximate surface area is 127 Å². The summed E-state index contributed by atoms with van der Waals surface area (Å²) < 4.78 is 0. The van der Waals surface area contributed by atoms with E-state index in [1.165, 1.54) is 57.2 Å². The number of hydrogen-bond acceptors (Lipinski definition) is 3. The number of rotatable bonds is 3. The van der Waals surface area contributed by atoms with E-state index >= 15 is 0 Å². The van der Waals surface area contributed by atoms with Gasteiger partial charge >= 0.3 is 0 Å². The van der Waals surface area contributed by atoms with Crippen molar-refractivity contribution in [2.24, 2.45) is 5.92 Å². The van der Waals surface area contributed by atoms with Crippen LogP contribution in [0.5, 0.6) is 0 Å². The Morgan fingerprint density at radius 3 is 2.85 bits per heavy atom. The first-order valence-electron chi connectivity index (χ1n) is 8.31. The summed E-state index contributed by atoms with van der Waals surface area (Å²) in [5, 5.41) is 8.36. The van der Waals surface area contributed by atoms with Gasteiger partial charge in [0.25, 0.3) is 0 Å². The van der Waals surface area contributed by atoms with Crippen molar-refractivity contribution in [1.82, 2.24) is 10.2 Å². The van der Waals surface area contributed by atoms with Crippen LogP contribution in [0.1, 0.15) is 51.0 Å². The molecule has 2 heterocycles. The van der Waals surface area contributed by atoms with Crippen LogP contribution in [0.15, 0.2) is 16.8 Å². The summed E-state index contributed by atoms with van der Waals surface area (Å²) in [6.07, 6.45) is 8.52. The van der Waals surface area contributed by atoms with Gasteiger partial charge in [0.1, 0.15) is 0 Å². The van der Waals surface area contributed by atoms with Gasteiger partial charge in [-0.1, -0.05) is 19.3 Å². The summed E-state index contributed by atoms with van der Waals surface area (Å²) in [7, 11) is 0. The maximum absolute atomic E-state index is 3.85. The third-order valence-corrected chi connectivity index (χ3v) is 5.94. The van der Waals surface area contributed by atoms with Gasteiger partial charge < -0.3 is 5.32 Å². The molecule has 0 spiro atoms. The number of thiophene rings is 1. The molecule has 112 valence electrons. The first kappa shape index (κ1) is 14.6. The Bertz CT molecular complexity index is 384. The molecular weight excluding hydrogens is 264 g/mol. The normalized spacial score (nSPS) is 30.2. The largest absolute Gasteiger partial charge is 0.312 e. The highest BCUT2D eigenvalue weighted by Gasteiger charge is 2.29. The predicted molar refractivity (Wildman–Crippen MR) is 87.2 cm³/mol. The zero-order valence-corrected chi connectivity index (χ0v) is 13.5. The van der Waals surface area contributed by atoms with Gasteiger partial charge in [0.05, 0.1) is 0 Å². The van der Waals surface area contributed by atoms with Crippen LogP contribution in [0.25, 0.3) is 0 Å². The van der Waals surface area contributed by atoms with Gasteiger partial charge in [-0.05, 0) is 61.0 Å². The van der Waals surface area contributed by atoms with Crippen molar-refractivity contribution < 1.29 is 0 Å². The molecular formula is C17H28N2S. The molecule has 1 aliphatic carbocycles. The molecule has 0 radical (unpaired) electrons. The lowest BCUT2D eigenvalue weighted by molar-refractivity contribution is 0.165. The van der Waals surface area contributed by atoms with Crippen LogP contribution in [-0.2, 0) is 6.54 Å². The third kappa shape index (κ3) is 3.63. The maximum Gasteiger partial charge on any atom is 0.0245 e. The number of hydrogen-bond donors (Lipinski definition) is 1. The van der Waals surface area contributed by atoms with Crippen molar-refractivity contribution in [2.45, 2.75) is 64.1 Å². The molecule has 2 atom stereocenters. The molecule has 2 aliphatic rings. The van der Waals surface area contributed by atoms with Crippen molar-refractivity contribution in [3.63, 3.8) is 0 Å². The van der Waals surface area contributed by atoms with E-state index in [0.717, 1.165) is 18.5 Å². The lowest BCUT2D eigenvalue weighted by atomic mass is 9.83. The quantitative estimate of drug-likeness (QED) is 0.909. The van der Waals surface area contributed by atoms with Crippen LogP contribution in [0.2, 0.25) is 0 Å². The van der Waals surface area contributed by atoms with Gasteiger partial charge in [-0.25, -0.2) is 0 Å². The first-order chi connectivity index (χ1) is 9.83. The van der Waals surface area contributed by atoms with Gasteiger partial charge in [0.15, 0.2) is 0 Å². The maximum atomic E-state index is 3.85. The van der Waals surface area contributed by atoms with Gasteiger partial charge in [-0.2, -0.15) is 11.3 Å². The smallest absolute Gasteiger partial charge is 0.0245 e. The summed E-state index contributed by atoms with van der Waals surface area (Å²) >= 11 is 1.82. The van der Waals surface area contributed by atoms with Gasteiger partial charge in [0.2, 0.25) is 0 Å². The molecule has 1 saturated heterocycles. The molecule has 2 fully saturated rings. The highest BCUT2D eigenvalue weighted by atomic mass is 32.1. The fourth-order valence-electron chi connectivity index (χ4n) is 3.85. The monoisotopic (exact) mass is 292 g/mol. The Kier molecular flexibility index (Phi) is 5.14. The average Bonchev–Trinajstić information content (AvgIpc) is 2.92. The minimum absolute atomic E-state index is 0.705. The molecule has 1 aromatic rings. The van der Waals surface area contributed by atoms with Crippen LogP contribution >= 0.6 is 11.3 Å². The first-order valence-corrected chi connectivity index (χ1v) is 9.26. The molecule has 1 aromatic heterocycles. The van der Waals surface area contributed by atoms with E-state index in [-0.39, 0.29) is 0 Å². The number of nitrogens with one attached hydrogen (secondary N) is 1. The van der Waals surface area contributed by atoms with Crippen molar-refractivity contribution >= 4 is 11.3 Å². The molecule has 20 heavy (non-hydrogen) atoms. The topological polar surface area (TPSA) is 15.3 Å². The van der Waals surface area contributed by atoms with E-state index in [4.69, 9.17) is 0 Å². The highest BCUT2D eigenvalue weighted by molar-refractivity contribution is 7.07. The Hall–Kier alpha value is -0.380. The second-order valence-corrected chi connectivity index (χ2v) is 7.44. The van der Waals surface area contributed by atoms with Crippen molar-refractivity contribution in [3.05, 3.63) is 22.4 Å². The molecule has 0 aromatic carbocycles. The highest BCUT2D eigenvalue weighted by Crippen LogP contribution is 2.28.